The molecule has 0 aromatic carbocycles. The van der Waals surface area contributed by atoms with Crippen LogP contribution in [0, 0.1) is 10.1 Å². The van der Waals surface area contributed by atoms with Crippen molar-refractivity contribution in [2.24, 2.45) is 0 Å². The number of morpholine rings is 1. The topological polar surface area (TPSA) is 98.7 Å². The normalized spacial score (nSPS) is 15.4. The molecule has 3 aromatic heterocycles. The van der Waals surface area contributed by atoms with Gasteiger partial charge >= 0.3 is 5.82 Å². The lowest BCUT2D eigenvalue weighted by atomic mass is 10.5. The SMILES string of the molecule is O=[N+]([O-])c1c(Sc2nnc(N3CCOCC3)s2)nc2sccn12. The second-order valence-electron chi connectivity index (χ2n) is 4.61. The number of thiazole rings is 1. The van der Waals surface area contributed by atoms with Crippen LogP contribution in [-0.2, 0) is 4.74 Å². The Morgan fingerprint density at radius 3 is 2.96 bits per heavy atom. The van der Waals surface area contributed by atoms with Crippen molar-refractivity contribution in [3.05, 3.63) is 21.7 Å². The molecule has 3 aromatic rings. The molecule has 1 saturated heterocycles. The summed E-state index contributed by atoms with van der Waals surface area (Å²) < 4.78 is 7.44. The highest BCUT2D eigenvalue weighted by molar-refractivity contribution is 8.01. The van der Waals surface area contributed by atoms with E-state index in [1.165, 1.54) is 38.8 Å². The lowest BCUT2D eigenvalue weighted by Crippen LogP contribution is -2.36. The highest BCUT2D eigenvalue weighted by atomic mass is 32.2. The zero-order chi connectivity index (χ0) is 15.8. The van der Waals surface area contributed by atoms with E-state index in [9.17, 15) is 10.1 Å². The molecule has 4 rings (SSSR count). The summed E-state index contributed by atoms with van der Waals surface area (Å²) in [6.45, 7) is 2.90. The highest BCUT2D eigenvalue weighted by Gasteiger charge is 2.26. The molecule has 1 aliphatic rings. The van der Waals surface area contributed by atoms with Crippen molar-refractivity contribution in [2.45, 2.75) is 9.37 Å². The van der Waals surface area contributed by atoms with E-state index >= 15 is 0 Å². The summed E-state index contributed by atoms with van der Waals surface area (Å²) in [5.74, 6) is -0.0330. The van der Waals surface area contributed by atoms with Crippen molar-refractivity contribution >= 4 is 50.3 Å². The third kappa shape index (κ3) is 2.78. The lowest BCUT2D eigenvalue weighted by molar-refractivity contribution is -0.393. The van der Waals surface area contributed by atoms with Crippen LogP contribution < -0.4 is 4.90 Å². The molecule has 0 bridgehead atoms. The molecule has 4 heterocycles. The Morgan fingerprint density at radius 1 is 1.35 bits per heavy atom. The molecule has 0 N–H and O–H groups in total. The Labute approximate surface area is 142 Å². The van der Waals surface area contributed by atoms with Crippen molar-refractivity contribution in [1.29, 1.82) is 0 Å². The van der Waals surface area contributed by atoms with Crippen LogP contribution in [0.15, 0.2) is 20.9 Å². The average Bonchev–Trinajstić information content (AvgIpc) is 3.23. The zero-order valence-corrected chi connectivity index (χ0v) is 14.1. The number of rotatable bonds is 4. The summed E-state index contributed by atoms with van der Waals surface area (Å²) in [5.41, 5.74) is 0. The number of anilines is 1. The zero-order valence-electron chi connectivity index (χ0n) is 11.6. The second kappa shape index (κ2) is 6.03. The molecule has 0 atom stereocenters. The number of fused-ring (bicyclic) bond motifs is 1. The molecular formula is C11H10N6O3S3. The van der Waals surface area contributed by atoms with Gasteiger partial charge in [-0.25, -0.2) is 0 Å². The van der Waals surface area contributed by atoms with Gasteiger partial charge in [0.05, 0.1) is 13.2 Å². The van der Waals surface area contributed by atoms with Crippen LogP contribution in [0.25, 0.3) is 4.96 Å². The molecule has 0 aliphatic carbocycles. The standard InChI is InChI=1S/C11H10N6O3S3/c18-17(19)8-7(12-9-16(8)3-6-21-9)22-11-14-13-10(23-11)15-1-4-20-5-2-15/h3,6H,1-2,4-5H2. The molecule has 0 unspecified atom stereocenters. The molecule has 120 valence electrons. The summed E-state index contributed by atoms with van der Waals surface area (Å²) in [5, 5.41) is 22.5. The van der Waals surface area contributed by atoms with Crippen LogP contribution >= 0.6 is 34.4 Å². The van der Waals surface area contributed by atoms with Crippen LogP contribution in [-0.4, -0.2) is 50.8 Å². The van der Waals surface area contributed by atoms with E-state index in [-0.39, 0.29) is 5.82 Å². The van der Waals surface area contributed by atoms with E-state index in [0.29, 0.717) is 27.5 Å². The van der Waals surface area contributed by atoms with Crippen molar-refractivity contribution in [3.8, 4) is 0 Å². The number of aromatic nitrogens is 4. The maximum absolute atomic E-state index is 11.3. The maximum Gasteiger partial charge on any atom is 0.363 e. The van der Waals surface area contributed by atoms with E-state index in [1.54, 1.807) is 11.6 Å². The average molecular weight is 370 g/mol. The van der Waals surface area contributed by atoms with E-state index in [4.69, 9.17) is 4.74 Å². The minimum absolute atomic E-state index is 0.0330. The Kier molecular flexibility index (Phi) is 3.88. The summed E-state index contributed by atoms with van der Waals surface area (Å²) in [6, 6.07) is 0. The van der Waals surface area contributed by atoms with Crippen LogP contribution in [0.2, 0.25) is 0 Å². The summed E-state index contributed by atoms with van der Waals surface area (Å²) in [6.07, 6.45) is 1.65. The predicted molar refractivity (Wildman–Crippen MR) is 86.8 cm³/mol. The van der Waals surface area contributed by atoms with Gasteiger partial charge in [-0.1, -0.05) is 22.7 Å². The summed E-state index contributed by atoms with van der Waals surface area (Å²) in [7, 11) is 0. The quantitative estimate of drug-likeness (QED) is 0.509. The molecule has 1 fully saturated rings. The van der Waals surface area contributed by atoms with Crippen molar-refractivity contribution < 1.29 is 9.66 Å². The van der Waals surface area contributed by atoms with Gasteiger partial charge in [0.1, 0.15) is 6.20 Å². The van der Waals surface area contributed by atoms with Crippen molar-refractivity contribution in [3.63, 3.8) is 0 Å². The number of nitrogens with zero attached hydrogens (tertiary/aromatic N) is 6. The first-order valence-corrected chi connectivity index (χ1v) is 9.17. The highest BCUT2D eigenvalue weighted by Crippen LogP contribution is 2.38. The molecule has 23 heavy (non-hydrogen) atoms. The van der Waals surface area contributed by atoms with Gasteiger partial charge in [-0.3, -0.25) is 0 Å². The summed E-state index contributed by atoms with van der Waals surface area (Å²) >= 11 is 3.95. The molecule has 0 spiro atoms. The largest absolute Gasteiger partial charge is 0.378 e. The van der Waals surface area contributed by atoms with E-state index < -0.39 is 4.92 Å². The van der Waals surface area contributed by atoms with E-state index in [1.807, 2.05) is 0 Å². The number of hydrogen-bond acceptors (Lipinski definition) is 10. The number of hydrogen-bond donors (Lipinski definition) is 0. The van der Waals surface area contributed by atoms with Crippen LogP contribution in [0.5, 0.6) is 0 Å². The van der Waals surface area contributed by atoms with Crippen molar-refractivity contribution in [1.82, 2.24) is 19.6 Å². The van der Waals surface area contributed by atoms with Crippen molar-refractivity contribution in [2.75, 3.05) is 31.2 Å². The van der Waals surface area contributed by atoms with E-state index in [2.05, 4.69) is 20.1 Å². The van der Waals surface area contributed by atoms with Gasteiger partial charge < -0.3 is 19.8 Å². The predicted octanol–water partition coefficient (Wildman–Crippen LogP) is 2.14. The van der Waals surface area contributed by atoms with Crippen LogP contribution in [0.4, 0.5) is 10.9 Å². The lowest BCUT2D eigenvalue weighted by Gasteiger charge is -2.25. The van der Waals surface area contributed by atoms with Crippen LogP contribution in [0.3, 0.4) is 0 Å². The van der Waals surface area contributed by atoms with Crippen LogP contribution in [0.1, 0.15) is 0 Å². The fourth-order valence-corrected chi connectivity index (χ4v) is 4.87. The smallest absolute Gasteiger partial charge is 0.363 e. The van der Waals surface area contributed by atoms with Gasteiger partial charge in [0.2, 0.25) is 10.2 Å². The second-order valence-corrected chi connectivity index (χ2v) is 7.67. The molecule has 0 saturated carbocycles. The number of ether oxygens (including phenoxy) is 1. The maximum atomic E-state index is 11.3. The Bertz CT molecular complexity index is 852. The minimum Gasteiger partial charge on any atom is -0.378 e. The molecular weight excluding hydrogens is 360 g/mol. The van der Waals surface area contributed by atoms with Gasteiger partial charge in [-0.05, 0) is 16.7 Å². The third-order valence-corrected chi connectivity index (χ3v) is 6.00. The first-order valence-electron chi connectivity index (χ1n) is 6.66. The van der Waals surface area contributed by atoms with Gasteiger partial charge in [-0.2, -0.15) is 9.38 Å². The summed E-state index contributed by atoms with van der Waals surface area (Å²) in [4.78, 5) is 17.9. The number of imidazole rings is 1. The minimum atomic E-state index is -0.418. The molecule has 0 amide bonds. The Morgan fingerprint density at radius 2 is 2.17 bits per heavy atom. The monoisotopic (exact) mass is 370 g/mol. The first-order chi connectivity index (χ1) is 11.2. The third-order valence-electron chi connectivity index (χ3n) is 3.24. The molecule has 12 heteroatoms. The molecule has 9 nitrogen and oxygen atoms in total. The first kappa shape index (κ1) is 14.8. The number of nitro groups is 1. The van der Waals surface area contributed by atoms with Gasteiger partial charge in [0.25, 0.3) is 4.96 Å². The molecule has 0 radical (unpaired) electrons. The van der Waals surface area contributed by atoms with Gasteiger partial charge in [0, 0.05) is 18.5 Å². The Hall–Kier alpha value is -1.76. The fraction of sp³-hybridized carbons (Fsp3) is 0.364. The van der Waals surface area contributed by atoms with Gasteiger partial charge in [-0.15, -0.1) is 10.2 Å². The fourth-order valence-electron chi connectivity index (χ4n) is 2.20. The van der Waals surface area contributed by atoms with Gasteiger partial charge in [0.15, 0.2) is 4.34 Å². The Balaban J connectivity index is 1.61. The molecule has 1 aliphatic heterocycles. The van der Waals surface area contributed by atoms with E-state index in [0.717, 1.165) is 18.2 Å².